The van der Waals surface area contributed by atoms with Crippen molar-refractivity contribution in [2.75, 3.05) is 5.75 Å². The zero-order valence-corrected chi connectivity index (χ0v) is 36.2. The summed E-state index contributed by atoms with van der Waals surface area (Å²) in [6.07, 6.45) is -0.869. The number of phenols is 1. The molecule has 19 heteroatoms. The quantitative estimate of drug-likeness (QED) is 0.0614. The Bertz CT molecular complexity index is 1810. The molecule has 0 saturated heterocycles. The fraction of sp³-hybridized carbons (Fsp3) is 0.524. The van der Waals surface area contributed by atoms with Crippen molar-refractivity contribution in [1.82, 2.24) is 31.9 Å². The fourth-order valence-electron chi connectivity index (χ4n) is 6.17. The van der Waals surface area contributed by atoms with Gasteiger partial charge >= 0.3 is 11.9 Å². The molecule has 18 nitrogen and oxygen atoms in total. The van der Waals surface area contributed by atoms with Crippen molar-refractivity contribution in [3.8, 4) is 5.75 Å². The number of carbonyl (C=O) groups is 8. The first-order valence-corrected chi connectivity index (χ1v) is 20.7. The van der Waals surface area contributed by atoms with Crippen LogP contribution in [-0.4, -0.2) is 111 Å². The van der Waals surface area contributed by atoms with E-state index in [0.29, 0.717) is 17.5 Å². The third kappa shape index (κ3) is 18.2. The number of hydrogen-bond donors (Lipinski definition) is 11. The maximum atomic E-state index is 13.9. The maximum absolute atomic E-state index is 13.9. The van der Waals surface area contributed by atoms with Gasteiger partial charge in [-0.05, 0) is 53.9 Å². The standard InChI is InChI=1S/C42H61N7O11S/c1-22(2)16-28(43)36(53)48-33(21-61)40(57)49-35(24(5)6)41(58)46-29(17-23(3)4)37(54)45-31(20-34(51)52)39(56)44-30(18-26-12-14-27(50)15-13-26)38(55)47-32(42(59)60)19-25-10-8-7-9-11-25/h7-15,22-24,28-33,35,50,61H,16-21,43H2,1-6H3,(H,44,56)(H,45,54)(H,46,58)(H,47,55)(H,48,53)(H,49,57)(H,51,52)(H,59,60)/t28-,29-,30-,31-,32-,33-,35-/m0/s1. The van der Waals surface area contributed by atoms with Gasteiger partial charge in [0.15, 0.2) is 0 Å². The van der Waals surface area contributed by atoms with Gasteiger partial charge in [0.05, 0.1) is 12.5 Å². The van der Waals surface area contributed by atoms with E-state index in [1.807, 2.05) is 13.8 Å². The van der Waals surface area contributed by atoms with Gasteiger partial charge in [-0.15, -0.1) is 0 Å². The number of nitrogens with one attached hydrogen (secondary N) is 6. The van der Waals surface area contributed by atoms with Crippen LogP contribution >= 0.6 is 12.6 Å². The number of carboxylic acids is 2. The Kier molecular flexibility index (Phi) is 21.2. The van der Waals surface area contributed by atoms with Gasteiger partial charge in [0.1, 0.15) is 42.0 Å². The van der Waals surface area contributed by atoms with Gasteiger partial charge in [-0.3, -0.25) is 33.6 Å². The predicted molar refractivity (Wildman–Crippen MR) is 229 cm³/mol. The lowest BCUT2D eigenvalue weighted by atomic mass is 9.99. The number of nitrogens with two attached hydrogens (primary N) is 1. The van der Waals surface area contributed by atoms with E-state index >= 15 is 0 Å². The Morgan fingerprint density at radius 1 is 0.557 bits per heavy atom. The van der Waals surface area contributed by atoms with Crippen LogP contribution in [-0.2, 0) is 51.2 Å². The van der Waals surface area contributed by atoms with Crippen LogP contribution in [0.2, 0.25) is 0 Å². The molecule has 0 aliphatic heterocycles. The highest BCUT2D eigenvalue weighted by Gasteiger charge is 2.35. The molecule has 61 heavy (non-hydrogen) atoms. The summed E-state index contributed by atoms with van der Waals surface area (Å²) in [5, 5.41) is 44.5. The summed E-state index contributed by atoms with van der Waals surface area (Å²) in [6.45, 7) is 10.6. The SMILES string of the molecule is CC(C)C[C@H](NC(=O)[C@@H](NC(=O)[C@H](CS)NC(=O)[C@@H](N)CC(C)C)C(C)C)C(=O)N[C@@H](CC(=O)O)C(=O)N[C@@H](Cc1ccc(O)cc1)C(=O)N[C@@H](Cc1ccccc1)C(=O)O. The number of thiol groups is 1. The number of aromatic hydroxyl groups is 1. The van der Waals surface area contributed by atoms with Crippen LogP contribution in [0.3, 0.4) is 0 Å². The zero-order chi connectivity index (χ0) is 46.0. The summed E-state index contributed by atoms with van der Waals surface area (Å²) in [5.41, 5.74) is 7.02. The second-order valence-corrected chi connectivity index (χ2v) is 16.4. The van der Waals surface area contributed by atoms with Gasteiger partial charge in [0.25, 0.3) is 0 Å². The topological polar surface area (TPSA) is 295 Å². The van der Waals surface area contributed by atoms with Gasteiger partial charge < -0.3 is 53.0 Å². The van der Waals surface area contributed by atoms with Crippen molar-refractivity contribution in [3.63, 3.8) is 0 Å². The molecule has 7 atom stereocenters. The molecule has 0 heterocycles. The molecule has 0 saturated carbocycles. The molecule has 0 spiro atoms. The van der Waals surface area contributed by atoms with E-state index in [9.17, 15) is 53.7 Å². The average Bonchev–Trinajstić information content (AvgIpc) is 3.17. The Morgan fingerprint density at radius 2 is 1.02 bits per heavy atom. The van der Waals surface area contributed by atoms with E-state index in [2.05, 4.69) is 44.5 Å². The van der Waals surface area contributed by atoms with E-state index in [-0.39, 0.29) is 42.6 Å². The monoisotopic (exact) mass is 871 g/mol. The van der Waals surface area contributed by atoms with Gasteiger partial charge in [0.2, 0.25) is 35.4 Å². The lowest BCUT2D eigenvalue weighted by Crippen LogP contribution is -2.61. The minimum absolute atomic E-state index is 0.0185. The first kappa shape index (κ1) is 51.5. The molecule has 0 unspecified atom stereocenters. The molecular weight excluding hydrogens is 811 g/mol. The lowest BCUT2D eigenvalue weighted by molar-refractivity contribution is -0.143. The number of aliphatic carboxylic acids is 2. The van der Waals surface area contributed by atoms with Crippen molar-refractivity contribution in [2.24, 2.45) is 23.5 Å². The van der Waals surface area contributed by atoms with Crippen LogP contribution in [0, 0.1) is 17.8 Å². The minimum atomic E-state index is -1.78. The Balaban J connectivity index is 2.34. The lowest BCUT2D eigenvalue weighted by Gasteiger charge is -2.29. The molecular formula is C42H61N7O11S. The highest BCUT2D eigenvalue weighted by Crippen LogP contribution is 2.14. The molecule has 0 bridgehead atoms. The first-order valence-electron chi connectivity index (χ1n) is 20.1. The number of hydrogen-bond acceptors (Lipinski definition) is 11. The molecule has 0 aromatic heterocycles. The van der Waals surface area contributed by atoms with Crippen molar-refractivity contribution >= 4 is 60.0 Å². The Morgan fingerprint density at radius 3 is 1.54 bits per heavy atom. The third-order valence-corrected chi connectivity index (χ3v) is 9.75. The number of phenolic OH excluding ortho intramolecular Hbond substituents is 1. The summed E-state index contributed by atoms with van der Waals surface area (Å²) in [6, 6.07) is 4.87. The van der Waals surface area contributed by atoms with E-state index in [0.717, 1.165) is 0 Å². The van der Waals surface area contributed by atoms with E-state index in [1.54, 1.807) is 58.0 Å². The van der Waals surface area contributed by atoms with Gasteiger partial charge in [-0.2, -0.15) is 12.6 Å². The zero-order valence-electron chi connectivity index (χ0n) is 35.3. The van der Waals surface area contributed by atoms with E-state index in [4.69, 9.17) is 5.73 Å². The van der Waals surface area contributed by atoms with Crippen LogP contribution in [0.1, 0.15) is 71.9 Å². The van der Waals surface area contributed by atoms with Crippen LogP contribution in [0.5, 0.6) is 5.75 Å². The Hall–Kier alpha value is -5.69. The van der Waals surface area contributed by atoms with Crippen molar-refractivity contribution < 1.29 is 53.7 Å². The summed E-state index contributed by atoms with van der Waals surface area (Å²) >= 11 is 4.19. The largest absolute Gasteiger partial charge is 0.508 e. The smallest absolute Gasteiger partial charge is 0.326 e. The molecule has 11 N–H and O–H groups in total. The van der Waals surface area contributed by atoms with E-state index in [1.165, 1.54) is 24.3 Å². The molecule has 336 valence electrons. The average molecular weight is 872 g/mol. The Labute approximate surface area is 361 Å². The molecule has 0 aliphatic rings. The summed E-state index contributed by atoms with van der Waals surface area (Å²) in [7, 11) is 0. The molecule has 0 aliphatic carbocycles. The summed E-state index contributed by atoms with van der Waals surface area (Å²) < 4.78 is 0. The van der Waals surface area contributed by atoms with Gasteiger partial charge in [0, 0.05) is 18.6 Å². The second-order valence-electron chi connectivity index (χ2n) is 16.1. The molecule has 2 aromatic carbocycles. The van der Waals surface area contributed by atoms with Crippen molar-refractivity contribution in [2.45, 2.75) is 116 Å². The van der Waals surface area contributed by atoms with Gasteiger partial charge in [-0.1, -0.05) is 84.0 Å². The fourth-order valence-corrected chi connectivity index (χ4v) is 6.43. The van der Waals surface area contributed by atoms with E-state index < -0.39 is 102 Å². The predicted octanol–water partition coefficient (Wildman–Crippen LogP) is 0.651. The molecule has 2 rings (SSSR count). The van der Waals surface area contributed by atoms with Crippen molar-refractivity contribution in [3.05, 3.63) is 65.7 Å². The van der Waals surface area contributed by atoms with Crippen LogP contribution in [0.15, 0.2) is 54.6 Å². The first-order chi connectivity index (χ1) is 28.6. The van der Waals surface area contributed by atoms with Crippen LogP contribution < -0.4 is 37.6 Å². The maximum Gasteiger partial charge on any atom is 0.326 e. The summed E-state index contributed by atoms with van der Waals surface area (Å²) in [5.74, 6) is -8.69. The normalized spacial score (nSPS) is 14.7. The third-order valence-electron chi connectivity index (χ3n) is 9.38. The number of benzene rings is 2. The van der Waals surface area contributed by atoms with Crippen LogP contribution in [0.25, 0.3) is 0 Å². The number of carboxylic acid groups (broad SMARTS) is 2. The molecule has 6 amide bonds. The molecule has 0 radical (unpaired) electrons. The number of rotatable bonds is 25. The highest BCUT2D eigenvalue weighted by molar-refractivity contribution is 7.80. The number of carbonyl (C=O) groups excluding carboxylic acids is 6. The minimum Gasteiger partial charge on any atom is -0.508 e. The van der Waals surface area contributed by atoms with Crippen molar-refractivity contribution in [1.29, 1.82) is 0 Å². The van der Waals surface area contributed by atoms with Gasteiger partial charge in [-0.25, -0.2) is 4.79 Å². The highest BCUT2D eigenvalue weighted by atomic mass is 32.1. The number of amides is 6. The molecule has 0 fully saturated rings. The molecule has 2 aromatic rings. The second kappa shape index (κ2) is 25.2. The summed E-state index contributed by atoms with van der Waals surface area (Å²) in [4.78, 5) is 105. The van der Waals surface area contributed by atoms with Crippen LogP contribution in [0.4, 0.5) is 0 Å².